The molecule has 1 unspecified atom stereocenters. The van der Waals surface area contributed by atoms with Crippen molar-refractivity contribution in [1.29, 1.82) is 0 Å². The Kier molecular flexibility index (Phi) is 62.7. The maximum absolute atomic E-state index is 12.9. The summed E-state index contributed by atoms with van der Waals surface area (Å²) in [7, 11) is 0. The van der Waals surface area contributed by atoms with Crippen LogP contribution in [-0.4, -0.2) is 37.2 Å². The summed E-state index contributed by atoms with van der Waals surface area (Å²) in [5, 5.41) is 0. The first kappa shape index (κ1) is 73.8. The van der Waals surface area contributed by atoms with Gasteiger partial charge in [-0.2, -0.15) is 0 Å². The third-order valence-electron chi connectivity index (χ3n) is 14.7. The van der Waals surface area contributed by atoms with Crippen molar-refractivity contribution in [3.63, 3.8) is 0 Å². The minimum absolute atomic E-state index is 0.0754. The molecule has 0 heterocycles. The molecule has 0 N–H and O–H groups in total. The van der Waals surface area contributed by atoms with Crippen LogP contribution in [0.3, 0.4) is 0 Å². The predicted molar refractivity (Wildman–Crippen MR) is 335 cm³/mol. The van der Waals surface area contributed by atoms with E-state index in [0.29, 0.717) is 19.3 Å². The highest BCUT2D eigenvalue weighted by Crippen LogP contribution is 2.18. The van der Waals surface area contributed by atoms with E-state index in [1.54, 1.807) is 0 Å². The van der Waals surface area contributed by atoms with Crippen LogP contribution in [0, 0.1) is 0 Å². The monoisotopic (exact) mass is 1070 g/mol. The summed E-state index contributed by atoms with van der Waals surface area (Å²) in [5.74, 6) is -0.871. The van der Waals surface area contributed by atoms with E-state index in [0.717, 1.165) is 103 Å². The lowest BCUT2D eigenvalue weighted by Gasteiger charge is -2.18. The van der Waals surface area contributed by atoms with E-state index in [-0.39, 0.29) is 31.1 Å². The van der Waals surface area contributed by atoms with E-state index in [9.17, 15) is 14.4 Å². The first-order valence-electron chi connectivity index (χ1n) is 33.4. The van der Waals surface area contributed by atoms with Crippen LogP contribution in [0.25, 0.3) is 0 Å². The molecule has 0 spiro atoms. The Morgan fingerprint density at radius 2 is 0.506 bits per heavy atom. The number of carbonyl (C=O) groups is 3. The summed E-state index contributed by atoms with van der Waals surface area (Å²) >= 11 is 0. The fraction of sp³-hybridized carbons (Fsp3) is 0.789. The third-order valence-corrected chi connectivity index (χ3v) is 14.7. The molecule has 6 nitrogen and oxygen atoms in total. The minimum atomic E-state index is -0.779. The van der Waals surface area contributed by atoms with Crippen molar-refractivity contribution >= 4 is 17.9 Å². The van der Waals surface area contributed by atoms with Crippen molar-refractivity contribution in [2.75, 3.05) is 13.2 Å². The van der Waals surface area contributed by atoms with Crippen molar-refractivity contribution in [2.24, 2.45) is 0 Å². The number of rotatable bonds is 61. The van der Waals surface area contributed by atoms with Gasteiger partial charge in [-0.05, 0) is 70.6 Å². The maximum atomic E-state index is 12.9. The lowest BCUT2D eigenvalue weighted by Crippen LogP contribution is -2.30. The summed E-state index contributed by atoms with van der Waals surface area (Å²) in [5.41, 5.74) is 0. The minimum Gasteiger partial charge on any atom is -0.462 e. The molecular formula is C71H126O6. The fourth-order valence-electron chi connectivity index (χ4n) is 9.74. The molecule has 0 saturated heterocycles. The number of unbranched alkanes of at least 4 members (excludes halogenated alkanes) is 38. The van der Waals surface area contributed by atoms with Crippen molar-refractivity contribution < 1.29 is 28.6 Å². The molecule has 446 valence electrons. The standard InChI is InChI=1S/C71H126O6/c1-4-7-10-13-16-19-22-25-27-29-31-33-35-36-37-39-40-42-44-46-49-52-55-58-61-64-70(73)76-67-68(66-75-69(72)63-60-57-54-51-48-24-21-18-15-12-9-6-3)77-71(74)65-62-59-56-53-50-47-45-43-41-38-34-32-30-28-26-23-20-17-14-11-8-5-2/h7,10,16,19,25,27,31,33,36-37,40,42,68H,4-6,8-9,11-15,17-18,20-24,26,28-30,32,34-35,38-39,41,43-67H2,1-3H3/b10-7-,19-16-,27-25-,33-31-,37-36-,42-40-. The van der Waals surface area contributed by atoms with Gasteiger partial charge in [-0.1, -0.05) is 325 Å². The average molecular weight is 1080 g/mol. The topological polar surface area (TPSA) is 78.9 Å². The van der Waals surface area contributed by atoms with Crippen LogP contribution in [0.5, 0.6) is 0 Å². The van der Waals surface area contributed by atoms with Gasteiger partial charge in [0.05, 0.1) is 0 Å². The molecule has 0 fully saturated rings. The normalized spacial score (nSPS) is 12.5. The van der Waals surface area contributed by atoms with Crippen LogP contribution in [0.2, 0.25) is 0 Å². The molecule has 0 bridgehead atoms. The van der Waals surface area contributed by atoms with Gasteiger partial charge < -0.3 is 14.2 Å². The van der Waals surface area contributed by atoms with Crippen LogP contribution in [0.15, 0.2) is 72.9 Å². The summed E-state index contributed by atoms with van der Waals surface area (Å²) in [4.78, 5) is 38.3. The molecule has 0 aliphatic carbocycles. The highest BCUT2D eigenvalue weighted by Gasteiger charge is 2.19. The second-order valence-corrected chi connectivity index (χ2v) is 22.4. The summed E-state index contributed by atoms with van der Waals surface area (Å²) in [6, 6.07) is 0. The lowest BCUT2D eigenvalue weighted by molar-refractivity contribution is -0.167. The number of carbonyl (C=O) groups excluding carboxylic acids is 3. The Morgan fingerprint density at radius 1 is 0.273 bits per heavy atom. The maximum Gasteiger partial charge on any atom is 0.306 e. The van der Waals surface area contributed by atoms with Crippen LogP contribution < -0.4 is 0 Å². The molecule has 1 atom stereocenters. The molecule has 0 aromatic carbocycles. The molecule has 0 rings (SSSR count). The second kappa shape index (κ2) is 65.4. The van der Waals surface area contributed by atoms with Crippen molar-refractivity contribution in [2.45, 2.75) is 348 Å². The number of ether oxygens (including phenoxy) is 3. The van der Waals surface area contributed by atoms with Gasteiger partial charge in [0, 0.05) is 19.3 Å². The van der Waals surface area contributed by atoms with Gasteiger partial charge in [-0.25, -0.2) is 0 Å². The SMILES string of the molecule is CC/C=C\C/C=C\C/C=C\C/C=C\C/C=C\C/C=C\CCCCCCCCC(=O)OCC(COC(=O)CCCCCCCCCCCCCC)OC(=O)CCCCCCCCCCCCCCCCCCCCCCCC. The average Bonchev–Trinajstić information content (AvgIpc) is 3.43. The van der Waals surface area contributed by atoms with Gasteiger partial charge in [0.2, 0.25) is 0 Å². The zero-order chi connectivity index (χ0) is 55.7. The van der Waals surface area contributed by atoms with Crippen molar-refractivity contribution in [1.82, 2.24) is 0 Å². The van der Waals surface area contributed by atoms with Crippen LogP contribution in [0.4, 0.5) is 0 Å². The van der Waals surface area contributed by atoms with Crippen LogP contribution in [-0.2, 0) is 28.6 Å². The van der Waals surface area contributed by atoms with E-state index in [1.807, 2.05) is 0 Å². The number of hydrogen-bond acceptors (Lipinski definition) is 6. The number of allylic oxidation sites excluding steroid dienone is 12. The van der Waals surface area contributed by atoms with Gasteiger partial charge in [0.1, 0.15) is 13.2 Å². The Morgan fingerprint density at radius 3 is 0.792 bits per heavy atom. The summed E-state index contributed by atoms with van der Waals surface area (Å²) in [6.07, 6.45) is 84.9. The van der Waals surface area contributed by atoms with Crippen molar-refractivity contribution in [3.05, 3.63) is 72.9 Å². The zero-order valence-electron chi connectivity index (χ0n) is 51.2. The second-order valence-electron chi connectivity index (χ2n) is 22.4. The Labute approximate surface area is 478 Å². The number of hydrogen-bond donors (Lipinski definition) is 0. The Hall–Kier alpha value is -3.15. The van der Waals surface area contributed by atoms with Gasteiger partial charge in [0.15, 0.2) is 6.10 Å². The lowest BCUT2D eigenvalue weighted by atomic mass is 10.0. The molecule has 77 heavy (non-hydrogen) atoms. The molecule has 0 radical (unpaired) electrons. The first-order chi connectivity index (χ1) is 38.0. The van der Waals surface area contributed by atoms with Crippen LogP contribution in [0.1, 0.15) is 342 Å². The van der Waals surface area contributed by atoms with Gasteiger partial charge in [-0.15, -0.1) is 0 Å². The Bertz CT molecular complexity index is 1420. The molecule has 0 aromatic rings. The van der Waals surface area contributed by atoms with Gasteiger partial charge in [0.25, 0.3) is 0 Å². The Balaban J connectivity index is 4.30. The molecule has 0 aromatic heterocycles. The molecule has 0 aliphatic heterocycles. The molecule has 6 heteroatoms. The van der Waals surface area contributed by atoms with E-state index in [1.165, 1.54) is 199 Å². The van der Waals surface area contributed by atoms with E-state index < -0.39 is 6.10 Å². The highest BCUT2D eigenvalue weighted by molar-refractivity contribution is 5.71. The van der Waals surface area contributed by atoms with E-state index in [4.69, 9.17) is 14.2 Å². The van der Waals surface area contributed by atoms with E-state index in [2.05, 4.69) is 93.7 Å². The highest BCUT2D eigenvalue weighted by atomic mass is 16.6. The quantitative estimate of drug-likeness (QED) is 0.0261. The summed E-state index contributed by atoms with van der Waals surface area (Å²) < 4.78 is 16.9. The first-order valence-corrected chi connectivity index (χ1v) is 33.4. The van der Waals surface area contributed by atoms with Gasteiger partial charge >= 0.3 is 17.9 Å². The molecule has 0 amide bonds. The zero-order valence-corrected chi connectivity index (χ0v) is 51.2. The molecule has 0 aliphatic rings. The van der Waals surface area contributed by atoms with Crippen LogP contribution >= 0.6 is 0 Å². The molecular weight excluding hydrogens is 949 g/mol. The largest absolute Gasteiger partial charge is 0.462 e. The smallest absolute Gasteiger partial charge is 0.306 e. The predicted octanol–water partition coefficient (Wildman–Crippen LogP) is 22.9. The van der Waals surface area contributed by atoms with Crippen molar-refractivity contribution in [3.8, 4) is 0 Å². The fourth-order valence-corrected chi connectivity index (χ4v) is 9.74. The molecule has 0 saturated carbocycles. The van der Waals surface area contributed by atoms with E-state index >= 15 is 0 Å². The number of esters is 3. The summed E-state index contributed by atoms with van der Waals surface area (Å²) in [6.45, 7) is 6.56. The van der Waals surface area contributed by atoms with Gasteiger partial charge in [-0.3, -0.25) is 14.4 Å². The third kappa shape index (κ3) is 63.6.